The molecule has 7 nitrogen and oxygen atoms in total. The van der Waals surface area contributed by atoms with Crippen LogP contribution in [0.3, 0.4) is 0 Å². The van der Waals surface area contributed by atoms with Crippen molar-refractivity contribution in [3.05, 3.63) is 70.6 Å². The van der Waals surface area contributed by atoms with Crippen molar-refractivity contribution < 1.29 is 9.18 Å². The number of hydrogen-bond donors (Lipinski definition) is 1. The molecule has 0 bridgehead atoms. The van der Waals surface area contributed by atoms with Crippen LogP contribution in [0.4, 0.5) is 4.39 Å². The predicted octanol–water partition coefficient (Wildman–Crippen LogP) is 2.67. The van der Waals surface area contributed by atoms with E-state index >= 15 is 0 Å². The lowest BCUT2D eigenvalue weighted by molar-refractivity contribution is 0.0955. The van der Waals surface area contributed by atoms with Gasteiger partial charge in [-0.1, -0.05) is 12.1 Å². The summed E-state index contributed by atoms with van der Waals surface area (Å²) in [6, 6.07) is 9.22. The van der Waals surface area contributed by atoms with Crippen molar-refractivity contribution in [2.24, 2.45) is 5.10 Å². The third-order valence-electron chi connectivity index (χ3n) is 4.12. The number of amides is 1. The fraction of sp³-hybridized carbons (Fsp3) is 0.263. The molecular formula is C19H21FN6O. The molecule has 1 aromatic carbocycles. The summed E-state index contributed by atoms with van der Waals surface area (Å²) >= 11 is 0. The van der Waals surface area contributed by atoms with Crippen LogP contribution in [0.5, 0.6) is 0 Å². The summed E-state index contributed by atoms with van der Waals surface area (Å²) in [5, 5.41) is 12.1. The highest BCUT2D eigenvalue weighted by molar-refractivity contribution is 5.94. The monoisotopic (exact) mass is 368 g/mol. The number of nitrogens with one attached hydrogen (secondary N) is 1. The Hall–Kier alpha value is -3.29. The molecule has 0 spiro atoms. The molecule has 1 N–H and O–H groups in total. The third-order valence-corrected chi connectivity index (χ3v) is 4.12. The topological polar surface area (TPSA) is 77.1 Å². The van der Waals surface area contributed by atoms with E-state index in [1.165, 1.54) is 17.1 Å². The molecule has 0 aliphatic heterocycles. The number of hydrogen-bond acceptors (Lipinski definition) is 4. The quantitative estimate of drug-likeness (QED) is 0.537. The minimum Gasteiger partial charge on any atom is -0.267 e. The van der Waals surface area contributed by atoms with Crippen LogP contribution in [0.2, 0.25) is 0 Å². The van der Waals surface area contributed by atoms with Crippen molar-refractivity contribution >= 4 is 12.1 Å². The van der Waals surface area contributed by atoms with Gasteiger partial charge >= 0.3 is 0 Å². The average Bonchev–Trinajstić information content (AvgIpc) is 3.16. The standard InChI is InChI=1S/C19H21FN6O/c1-4-25-18(20)17(11-22-25)10-21-23-19(27)16-7-5-15(6-8-16)12-26-14(3)9-13(2)24-26/h5-11H,4,12H2,1-3H3,(H,23,27)/b21-10+. The van der Waals surface area contributed by atoms with E-state index in [-0.39, 0.29) is 11.5 Å². The Kier molecular flexibility index (Phi) is 5.44. The van der Waals surface area contributed by atoms with Gasteiger partial charge in [0.25, 0.3) is 5.91 Å². The molecule has 0 aliphatic rings. The van der Waals surface area contributed by atoms with Crippen molar-refractivity contribution in [1.82, 2.24) is 25.0 Å². The van der Waals surface area contributed by atoms with Gasteiger partial charge in [-0.15, -0.1) is 0 Å². The molecule has 8 heteroatoms. The molecule has 0 aliphatic carbocycles. The number of halogens is 1. The first-order chi connectivity index (χ1) is 13.0. The van der Waals surface area contributed by atoms with Crippen LogP contribution in [-0.2, 0) is 13.1 Å². The van der Waals surface area contributed by atoms with E-state index in [0.29, 0.717) is 18.7 Å². The van der Waals surface area contributed by atoms with Gasteiger partial charge in [-0.2, -0.15) is 19.7 Å². The van der Waals surface area contributed by atoms with Crippen LogP contribution >= 0.6 is 0 Å². The molecule has 2 aromatic heterocycles. The Balaban J connectivity index is 1.61. The van der Waals surface area contributed by atoms with Crippen molar-refractivity contribution in [3.8, 4) is 0 Å². The van der Waals surface area contributed by atoms with Crippen LogP contribution in [0.1, 0.15) is 39.8 Å². The fourth-order valence-corrected chi connectivity index (χ4v) is 2.69. The Labute approximate surface area is 156 Å². The van der Waals surface area contributed by atoms with Crippen LogP contribution in [0.25, 0.3) is 0 Å². The van der Waals surface area contributed by atoms with E-state index in [1.807, 2.05) is 36.7 Å². The predicted molar refractivity (Wildman–Crippen MR) is 100 cm³/mol. The van der Waals surface area contributed by atoms with Gasteiger partial charge in [0.15, 0.2) is 0 Å². The summed E-state index contributed by atoms with van der Waals surface area (Å²) in [4.78, 5) is 12.2. The number of benzene rings is 1. The van der Waals surface area contributed by atoms with E-state index in [2.05, 4.69) is 20.7 Å². The fourth-order valence-electron chi connectivity index (χ4n) is 2.69. The number of nitrogens with zero attached hydrogens (tertiary/aromatic N) is 5. The molecule has 3 aromatic rings. The second-order valence-corrected chi connectivity index (χ2v) is 6.19. The molecule has 0 saturated carbocycles. The molecule has 0 radical (unpaired) electrons. The van der Waals surface area contributed by atoms with Gasteiger partial charge < -0.3 is 0 Å². The summed E-state index contributed by atoms with van der Waals surface area (Å²) in [6.07, 6.45) is 2.60. The third kappa shape index (κ3) is 4.28. The summed E-state index contributed by atoms with van der Waals surface area (Å²) in [6.45, 7) is 6.82. The maximum absolute atomic E-state index is 13.8. The van der Waals surface area contributed by atoms with Gasteiger partial charge in [0, 0.05) is 17.8 Å². The zero-order valence-corrected chi connectivity index (χ0v) is 15.5. The molecule has 0 atom stereocenters. The zero-order valence-electron chi connectivity index (χ0n) is 15.5. The average molecular weight is 368 g/mol. The number of aryl methyl sites for hydroxylation is 3. The maximum atomic E-state index is 13.8. The van der Waals surface area contributed by atoms with Crippen LogP contribution in [-0.4, -0.2) is 31.7 Å². The van der Waals surface area contributed by atoms with Crippen molar-refractivity contribution in [1.29, 1.82) is 0 Å². The van der Waals surface area contributed by atoms with Crippen molar-refractivity contribution in [2.75, 3.05) is 0 Å². The molecular weight excluding hydrogens is 347 g/mol. The number of carbonyl (C=O) groups excluding carboxylic acids is 1. The first-order valence-electron chi connectivity index (χ1n) is 8.62. The second kappa shape index (κ2) is 7.94. The van der Waals surface area contributed by atoms with Crippen molar-refractivity contribution in [3.63, 3.8) is 0 Å². The van der Waals surface area contributed by atoms with Gasteiger partial charge in [-0.25, -0.2) is 10.1 Å². The molecule has 1 amide bonds. The van der Waals surface area contributed by atoms with Gasteiger partial charge in [0.05, 0.1) is 30.2 Å². The van der Waals surface area contributed by atoms with E-state index < -0.39 is 5.95 Å². The minimum absolute atomic E-state index is 0.220. The maximum Gasteiger partial charge on any atom is 0.271 e. The number of carbonyl (C=O) groups is 1. The molecule has 27 heavy (non-hydrogen) atoms. The van der Waals surface area contributed by atoms with Crippen LogP contribution in [0.15, 0.2) is 41.6 Å². The number of aromatic nitrogens is 4. The highest BCUT2D eigenvalue weighted by Crippen LogP contribution is 2.09. The first kappa shape index (κ1) is 18.5. The summed E-state index contributed by atoms with van der Waals surface area (Å²) in [5.74, 6) is -0.851. The lowest BCUT2D eigenvalue weighted by atomic mass is 10.1. The van der Waals surface area contributed by atoms with Crippen LogP contribution in [0, 0.1) is 19.8 Å². The molecule has 3 rings (SSSR count). The number of rotatable bonds is 6. The van der Waals surface area contributed by atoms with E-state index in [9.17, 15) is 9.18 Å². The lowest BCUT2D eigenvalue weighted by Gasteiger charge is -2.06. The molecule has 0 saturated heterocycles. The first-order valence-corrected chi connectivity index (χ1v) is 8.62. The van der Waals surface area contributed by atoms with Gasteiger partial charge in [-0.3, -0.25) is 9.48 Å². The Bertz CT molecular complexity index is 971. The van der Waals surface area contributed by atoms with Gasteiger partial charge in [0.2, 0.25) is 5.95 Å². The van der Waals surface area contributed by atoms with Crippen molar-refractivity contribution in [2.45, 2.75) is 33.9 Å². The second-order valence-electron chi connectivity index (χ2n) is 6.19. The highest BCUT2D eigenvalue weighted by Gasteiger charge is 2.08. The Morgan fingerprint density at radius 2 is 2.00 bits per heavy atom. The van der Waals surface area contributed by atoms with E-state index in [4.69, 9.17) is 0 Å². The Morgan fingerprint density at radius 1 is 1.26 bits per heavy atom. The Morgan fingerprint density at radius 3 is 2.59 bits per heavy atom. The van der Waals surface area contributed by atoms with Gasteiger partial charge in [0.1, 0.15) is 0 Å². The van der Waals surface area contributed by atoms with Gasteiger partial charge in [-0.05, 0) is 44.5 Å². The lowest BCUT2D eigenvalue weighted by Crippen LogP contribution is -2.17. The summed E-state index contributed by atoms with van der Waals surface area (Å²) in [7, 11) is 0. The highest BCUT2D eigenvalue weighted by atomic mass is 19.1. The SMILES string of the molecule is CCn1ncc(/C=N/NC(=O)c2ccc(Cn3nc(C)cc3C)cc2)c1F. The smallest absolute Gasteiger partial charge is 0.267 e. The molecule has 0 unspecified atom stereocenters. The minimum atomic E-state index is -0.482. The van der Waals surface area contributed by atoms with Crippen LogP contribution < -0.4 is 5.43 Å². The number of hydrazone groups is 1. The van der Waals surface area contributed by atoms with E-state index in [0.717, 1.165) is 17.0 Å². The largest absolute Gasteiger partial charge is 0.271 e. The molecule has 0 fully saturated rings. The molecule has 140 valence electrons. The summed E-state index contributed by atoms with van der Waals surface area (Å²) < 4.78 is 17.0. The van der Waals surface area contributed by atoms with E-state index in [1.54, 1.807) is 19.1 Å². The molecule has 2 heterocycles. The summed E-state index contributed by atoms with van der Waals surface area (Å²) in [5.41, 5.74) is 6.18. The zero-order chi connectivity index (χ0) is 19.4. The normalized spacial score (nSPS) is 11.3.